The molecule has 1 rings (SSSR count). The number of ether oxygens (including phenoxy) is 1. The topological polar surface area (TPSA) is 49.8 Å². The second-order valence-corrected chi connectivity index (χ2v) is 3.38. The van der Waals surface area contributed by atoms with Gasteiger partial charge in [0.05, 0.1) is 25.7 Å². The van der Waals surface area contributed by atoms with Gasteiger partial charge in [-0.3, -0.25) is 9.69 Å². The number of carboxylic acid groups (broad SMARTS) is 1. The Labute approximate surface area is 80.4 Å². The van der Waals surface area contributed by atoms with Gasteiger partial charge in [-0.2, -0.15) is 0 Å². The van der Waals surface area contributed by atoms with Crippen molar-refractivity contribution in [2.75, 3.05) is 26.8 Å². The minimum absolute atomic E-state index is 0.105. The van der Waals surface area contributed by atoms with E-state index in [0.29, 0.717) is 0 Å². The Morgan fingerprint density at radius 2 is 2.29 bits per heavy atom. The van der Waals surface area contributed by atoms with Gasteiger partial charge in [-0.15, -0.1) is 0 Å². The highest BCUT2D eigenvalue weighted by Crippen LogP contribution is 2.19. The number of aliphatic carboxylic acids is 1. The van der Waals surface area contributed by atoms with Crippen LogP contribution in [-0.2, 0) is 9.53 Å². The third kappa shape index (κ3) is 2.62. The maximum absolute atomic E-state index is 12.0. The molecule has 1 N–H and O–H groups in total. The Hall–Kier alpha value is -0.750. The van der Waals surface area contributed by atoms with Crippen molar-refractivity contribution in [2.45, 2.75) is 12.5 Å². The first kappa shape index (κ1) is 11.3. The quantitative estimate of drug-likeness (QED) is 0.722. The van der Waals surface area contributed by atoms with Crippen molar-refractivity contribution in [1.82, 2.24) is 4.90 Å². The van der Waals surface area contributed by atoms with E-state index in [1.807, 2.05) is 0 Å². The summed E-state index contributed by atoms with van der Waals surface area (Å²) in [6, 6.07) is -0.443. The SMILES string of the molecule is CN(CC(F)F)C1COCC1C(=O)O. The highest BCUT2D eigenvalue weighted by Gasteiger charge is 2.37. The van der Waals surface area contributed by atoms with E-state index in [-0.39, 0.29) is 13.2 Å². The van der Waals surface area contributed by atoms with Crippen LogP contribution in [0.3, 0.4) is 0 Å². The first-order chi connectivity index (χ1) is 6.52. The van der Waals surface area contributed by atoms with Gasteiger partial charge in [-0.25, -0.2) is 8.78 Å². The molecule has 82 valence electrons. The summed E-state index contributed by atoms with van der Waals surface area (Å²) in [5, 5.41) is 8.77. The highest BCUT2D eigenvalue weighted by molar-refractivity contribution is 5.71. The van der Waals surface area contributed by atoms with Crippen molar-refractivity contribution in [3.63, 3.8) is 0 Å². The monoisotopic (exact) mass is 209 g/mol. The molecule has 0 aromatic carbocycles. The number of hydrogen-bond acceptors (Lipinski definition) is 3. The van der Waals surface area contributed by atoms with Gasteiger partial charge in [0, 0.05) is 6.04 Å². The number of nitrogens with zero attached hydrogens (tertiary/aromatic N) is 1. The third-order valence-electron chi connectivity index (χ3n) is 2.36. The van der Waals surface area contributed by atoms with Crippen molar-refractivity contribution in [2.24, 2.45) is 5.92 Å². The zero-order chi connectivity index (χ0) is 10.7. The van der Waals surface area contributed by atoms with Gasteiger partial charge >= 0.3 is 5.97 Å². The molecule has 0 aliphatic carbocycles. The smallest absolute Gasteiger partial charge is 0.310 e. The minimum Gasteiger partial charge on any atom is -0.481 e. The average Bonchev–Trinajstić information content (AvgIpc) is 2.49. The predicted octanol–water partition coefficient (Wildman–Crippen LogP) is 0.283. The molecule has 1 heterocycles. The standard InChI is InChI=1S/C8H13F2NO3/c1-11(2-7(9)10)6-4-14-3-5(6)8(12)13/h5-7H,2-4H2,1H3,(H,12,13). The summed E-state index contributed by atoms with van der Waals surface area (Å²) in [6.07, 6.45) is -2.45. The van der Waals surface area contributed by atoms with Gasteiger partial charge in [0.25, 0.3) is 6.43 Å². The summed E-state index contributed by atoms with van der Waals surface area (Å²) >= 11 is 0. The third-order valence-corrected chi connectivity index (χ3v) is 2.36. The summed E-state index contributed by atoms with van der Waals surface area (Å²) in [5.74, 6) is -1.69. The summed E-state index contributed by atoms with van der Waals surface area (Å²) in [4.78, 5) is 12.1. The number of carbonyl (C=O) groups is 1. The Morgan fingerprint density at radius 1 is 1.64 bits per heavy atom. The largest absolute Gasteiger partial charge is 0.481 e. The van der Waals surface area contributed by atoms with Crippen LogP contribution in [0, 0.1) is 5.92 Å². The molecule has 0 radical (unpaired) electrons. The van der Waals surface area contributed by atoms with E-state index in [4.69, 9.17) is 9.84 Å². The molecule has 2 atom stereocenters. The normalized spacial score (nSPS) is 27.5. The van der Waals surface area contributed by atoms with Crippen molar-refractivity contribution >= 4 is 5.97 Å². The maximum atomic E-state index is 12.0. The molecular formula is C8H13F2NO3. The second kappa shape index (κ2) is 4.65. The Kier molecular flexibility index (Phi) is 3.77. The second-order valence-electron chi connectivity index (χ2n) is 3.38. The average molecular weight is 209 g/mol. The lowest BCUT2D eigenvalue weighted by Gasteiger charge is -2.25. The van der Waals surface area contributed by atoms with Gasteiger partial charge in [-0.05, 0) is 7.05 Å². The minimum atomic E-state index is -2.45. The molecule has 1 aliphatic rings. The molecule has 2 unspecified atom stereocenters. The molecule has 0 spiro atoms. The molecule has 0 bridgehead atoms. The van der Waals surface area contributed by atoms with E-state index < -0.39 is 30.9 Å². The van der Waals surface area contributed by atoms with Crippen LogP contribution in [-0.4, -0.2) is 55.2 Å². The van der Waals surface area contributed by atoms with Crippen LogP contribution in [0.25, 0.3) is 0 Å². The van der Waals surface area contributed by atoms with Crippen molar-refractivity contribution < 1.29 is 23.4 Å². The summed E-state index contributed by atoms with van der Waals surface area (Å²) < 4.78 is 29.0. The number of hydrogen-bond donors (Lipinski definition) is 1. The van der Waals surface area contributed by atoms with Gasteiger partial charge in [0.15, 0.2) is 0 Å². The van der Waals surface area contributed by atoms with Crippen LogP contribution in [0.15, 0.2) is 0 Å². The molecule has 6 heteroatoms. The lowest BCUT2D eigenvalue weighted by Crippen LogP contribution is -2.42. The van der Waals surface area contributed by atoms with Crippen LogP contribution in [0.1, 0.15) is 0 Å². The number of rotatable bonds is 4. The van der Waals surface area contributed by atoms with E-state index in [1.165, 1.54) is 11.9 Å². The summed E-state index contributed by atoms with van der Waals surface area (Å²) in [7, 11) is 1.49. The van der Waals surface area contributed by atoms with Crippen LogP contribution >= 0.6 is 0 Å². The number of carboxylic acids is 1. The first-order valence-corrected chi connectivity index (χ1v) is 4.31. The molecule has 0 amide bonds. The zero-order valence-corrected chi connectivity index (χ0v) is 7.82. The molecule has 14 heavy (non-hydrogen) atoms. The van der Waals surface area contributed by atoms with Crippen LogP contribution in [0.2, 0.25) is 0 Å². The van der Waals surface area contributed by atoms with E-state index >= 15 is 0 Å². The molecule has 0 aromatic heterocycles. The molecular weight excluding hydrogens is 196 g/mol. The van der Waals surface area contributed by atoms with Crippen LogP contribution in [0.4, 0.5) is 8.78 Å². The van der Waals surface area contributed by atoms with Crippen molar-refractivity contribution in [3.8, 4) is 0 Å². The van der Waals surface area contributed by atoms with Gasteiger partial charge in [0.2, 0.25) is 0 Å². The fraction of sp³-hybridized carbons (Fsp3) is 0.875. The molecule has 1 aliphatic heterocycles. The molecule has 0 saturated carbocycles. The lowest BCUT2D eigenvalue weighted by atomic mass is 10.0. The fourth-order valence-corrected chi connectivity index (χ4v) is 1.57. The lowest BCUT2D eigenvalue weighted by molar-refractivity contribution is -0.143. The molecule has 0 aromatic rings. The number of likely N-dealkylation sites (N-methyl/N-ethyl adjacent to an activating group) is 1. The van der Waals surface area contributed by atoms with E-state index in [9.17, 15) is 13.6 Å². The highest BCUT2D eigenvalue weighted by atomic mass is 19.3. The number of halogens is 2. The fourth-order valence-electron chi connectivity index (χ4n) is 1.57. The van der Waals surface area contributed by atoms with E-state index in [2.05, 4.69) is 0 Å². The zero-order valence-electron chi connectivity index (χ0n) is 7.82. The Balaban J connectivity index is 2.53. The van der Waals surface area contributed by atoms with Crippen LogP contribution in [0.5, 0.6) is 0 Å². The summed E-state index contributed by atoms with van der Waals surface area (Å²) in [5.41, 5.74) is 0. The van der Waals surface area contributed by atoms with Crippen LogP contribution < -0.4 is 0 Å². The number of alkyl halides is 2. The molecule has 1 saturated heterocycles. The van der Waals surface area contributed by atoms with E-state index in [0.717, 1.165) is 0 Å². The van der Waals surface area contributed by atoms with E-state index in [1.54, 1.807) is 0 Å². The predicted molar refractivity (Wildman–Crippen MR) is 44.4 cm³/mol. The van der Waals surface area contributed by atoms with Crippen molar-refractivity contribution in [1.29, 1.82) is 0 Å². The maximum Gasteiger partial charge on any atom is 0.310 e. The van der Waals surface area contributed by atoms with Gasteiger partial charge < -0.3 is 9.84 Å². The molecule has 1 fully saturated rings. The summed E-state index contributed by atoms with van der Waals surface area (Å²) in [6.45, 7) is -0.106. The van der Waals surface area contributed by atoms with Gasteiger partial charge in [-0.1, -0.05) is 0 Å². The first-order valence-electron chi connectivity index (χ1n) is 4.31. The van der Waals surface area contributed by atoms with Crippen molar-refractivity contribution in [3.05, 3.63) is 0 Å². The Bertz CT molecular complexity index is 213. The Morgan fingerprint density at radius 3 is 2.79 bits per heavy atom. The van der Waals surface area contributed by atoms with Gasteiger partial charge in [0.1, 0.15) is 0 Å². The molecule has 4 nitrogen and oxygen atoms in total.